The van der Waals surface area contributed by atoms with Crippen LogP contribution in [0.15, 0.2) is 76.1 Å². The first kappa shape index (κ1) is 20.4. The van der Waals surface area contributed by atoms with Crippen molar-refractivity contribution in [2.45, 2.75) is 31.7 Å². The van der Waals surface area contributed by atoms with Crippen molar-refractivity contribution in [3.8, 4) is 5.75 Å². The predicted octanol–water partition coefficient (Wildman–Crippen LogP) is 5.70. The Kier molecular flexibility index (Phi) is 6.42. The van der Waals surface area contributed by atoms with Gasteiger partial charge in [-0.25, -0.2) is 0 Å². The molecule has 0 amide bonds. The third-order valence-corrected chi connectivity index (χ3v) is 6.12. The second kappa shape index (κ2) is 8.80. The molecule has 0 saturated heterocycles. The average Bonchev–Trinajstić information content (AvgIpc) is 2.68. The van der Waals surface area contributed by atoms with Crippen LogP contribution in [0.2, 0.25) is 0 Å². The zero-order valence-electron chi connectivity index (χ0n) is 15.8. The van der Waals surface area contributed by atoms with E-state index >= 15 is 0 Å². The normalized spacial score (nSPS) is 11.2. The number of halogens is 1. The highest BCUT2D eigenvalue weighted by Gasteiger charge is 2.18. The summed E-state index contributed by atoms with van der Waals surface area (Å²) in [6.45, 7) is 4.45. The number of rotatable bonds is 7. The van der Waals surface area contributed by atoms with Crippen molar-refractivity contribution in [2.24, 2.45) is 0 Å². The Morgan fingerprint density at radius 3 is 2.29 bits per heavy atom. The first-order chi connectivity index (χ1) is 13.4. The van der Waals surface area contributed by atoms with Gasteiger partial charge in [0.25, 0.3) is 0 Å². The molecular formula is C22H22BrNO3S. The van der Waals surface area contributed by atoms with Crippen LogP contribution in [-0.2, 0) is 23.1 Å². The van der Waals surface area contributed by atoms with Gasteiger partial charge in [-0.05, 0) is 61.4 Å². The van der Waals surface area contributed by atoms with E-state index in [-0.39, 0.29) is 4.90 Å². The monoisotopic (exact) mass is 459 g/mol. The summed E-state index contributed by atoms with van der Waals surface area (Å²) in [6, 6.07) is 20.1. The minimum absolute atomic E-state index is 0.134. The fourth-order valence-electron chi connectivity index (χ4n) is 2.69. The summed E-state index contributed by atoms with van der Waals surface area (Å²) >= 11 is 3.44. The van der Waals surface area contributed by atoms with Gasteiger partial charge in [-0.15, -0.1) is 0 Å². The van der Waals surface area contributed by atoms with Gasteiger partial charge in [0.15, 0.2) is 0 Å². The van der Waals surface area contributed by atoms with Crippen molar-refractivity contribution in [3.05, 3.63) is 87.9 Å². The number of hydrogen-bond acceptors (Lipinski definition) is 4. The molecule has 0 spiro atoms. The molecule has 0 radical (unpaired) electrons. The van der Waals surface area contributed by atoms with Crippen LogP contribution in [0.5, 0.6) is 5.75 Å². The van der Waals surface area contributed by atoms with E-state index in [1.165, 1.54) is 5.56 Å². The lowest BCUT2D eigenvalue weighted by atomic mass is 10.1. The first-order valence-electron chi connectivity index (χ1n) is 9.00. The summed E-state index contributed by atoms with van der Waals surface area (Å²) in [5.74, 6) is 0.307. The molecule has 0 aliphatic carbocycles. The van der Waals surface area contributed by atoms with E-state index in [4.69, 9.17) is 4.18 Å². The van der Waals surface area contributed by atoms with Crippen molar-refractivity contribution in [3.63, 3.8) is 0 Å². The molecule has 1 N–H and O–H groups in total. The third-order valence-electron chi connectivity index (χ3n) is 4.38. The zero-order valence-corrected chi connectivity index (χ0v) is 18.2. The molecule has 4 nitrogen and oxygen atoms in total. The fourth-order valence-corrected chi connectivity index (χ4v) is 4.07. The standard InChI is InChI=1S/C22H22BrNO3S/c1-3-17-6-9-20(10-7-17)24-15-18-14-19(23)8-13-22(18)27-28(25,26)21-11-4-16(2)5-12-21/h4-14,24H,3,15H2,1-2H3. The van der Waals surface area contributed by atoms with Crippen LogP contribution < -0.4 is 9.50 Å². The van der Waals surface area contributed by atoms with Gasteiger partial charge in [0.1, 0.15) is 10.6 Å². The molecule has 3 aromatic carbocycles. The van der Waals surface area contributed by atoms with E-state index in [1.54, 1.807) is 36.4 Å². The van der Waals surface area contributed by atoms with Crippen molar-refractivity contribution in [1.82, 2.24) is 0 Å². The van der Waals surface area contributed by atoms with Gasteiger partial charge in [-0.2, -0.15) is 8.42 Å². The van der Waals surface area contributed by atoms with Gasteiger partial charge in [0, 0.05) is 22.3 Å². The Hall–Kier alpha value is -2.31. The highest BCUT2D eigenvalue weighted by Crippen LogP contribution is 2.27. The van der Waals surface area contributed by atoms with Crippen LogP contribution in [0.4, 0.5) is 5.69 Å². The van der Waals surface area contributed by atoms with Gasteiger partial charge in [-0.1, -0.05) is 52.7 Å². The largest absolute Gasteiger partial charge is 0.381 e. The van der Waals surface area contributed by atoms with Crippen LogP contribution >= 0.6 is 15.9 Å². The molecule has 0 aromatic heterocycles. The minimum atomic E-state index is -3.90. The maximum Gasteiger partial charge on any atom is 0.339 e. The lowest BCUT2D eigenvalue weighted by Gasteiger charge is -2.14. The molecule has 0 fully saturated rings. The fraction of sp³-hybridized carbons (Fsp3) is 0.182. The Bertz CT molecular complexity index is 1050. The van der Waals surface area contributed by atoms with E-state index in [2.05, 4.69) is 40.3 Å². The molecule has 0 aliphatic heterocycles. The SMILES string of the molecule is CCc1ccc(NCc2cc(Br)ccc2OS(=O)(=O)c2ccc(C)cc2)cc1. The summed E-state index contributed by atoms with van der Waals surface area (Å²) in [5, 5.41) is 3.32. The molecule has 0 bridgehead atoms. The van der Waals surface area contributed by atoms with Crippen LogP contribution in [0, 0.1) is 6.92 Å². The van der Waals surface area contributed by atoms with E-state index in [0.29, 0.717) is 12.3 Å². The van der Waals surface area contributed by atoms with Crippen LogP contribution in [-0.4, -0.2) is 8.42 Å². The van der Waals surface area contributed by atoms with Crippen LogP contribution in [0.25, 0.3) is 0 Å². The van der Waals surface area contributed by atoms with E-state index in [9.17, 15) is 8.42 Å². The maximum atomic E-state index is 12.6. The highest BCUT2D eigenvalue weighted by atomic mass is 79.9. The Morgan fingerprint density at radius 2 is 1.64 bits per heavy atom. The van der Waals surface area contributed by atoms with E-state index in [1.807, 2.05) is 25.1 Å². The number of benzene rings is 3. The van der Waals surface area contributed by atoms with Crippen molar-refractivity contribution >= 4 is 31.7 Å². The summed E-state index contributed by atoms with van der Waals surface area (Å²) < 4.78 is 31.6. The Labute approximate surface area is 174 Å². The lowest BCUT2D eigenvalue weighted by Crippen LogP contribution is -2.12. The first-order valence-corrected chi connectivity index (χ1v) is 11.2. The quantitative estimate of drug-likeness (QED) is 0.460. The van der Waals surface area contributed by atoms with Gasteiger partial charge in [0.2, 0.25) is 0 Å². The molecule has 3 aromatic rings. The third kappa shape index (κ3) is 5.14. The molecule has 6 heteroatoms. The minimum Gasteiger partial charge on any atom is -0.381 e. The molecule has 0 unspecified atom stereocenters. The molecule has 0 aliphatic rings. The highest BCUT2D eigenvalue weighted by molar-refractivity contribution is 9.10. The van der Waals surface area contributed by atoms with Gasteiger partial charge in [0.05, 0.1) is 0 Å². The summed E-state index contributed by atoms with van der Waals surface area (Å²) in [5.41, 5.74) is 3.96. The van der Waals surface area contributed by atoms with Crippen molar-refractivity contribution in [1.29, 1.82) is 0 Å². The second-order valence-corrected chi connectivity index (χ2v) is 8.97. The molecule has 0 heterocycles. The molecule has 0 saturated carbocycles. The molecule has 146 valence electrons. The number of aryl methyl sites for hydroxylation is 2. The molecule has 3 rings (SSSR count). The second-order valence-electron chi connectivity index (χ2n) is 6.51. The zero-order chi connectivity index (χ0) is 20.1. The average molecular weight is 460 g/mol. The number of nitrogens with one attached hydrogen (secondary N) is 1. The lowest BCUT2D eigenvalue weighted by molar-refractivity contribution is 0.483. The Balaban J connectivity index is 1.80. The van der Waals surface area contributed by atoms with Crippen LogP contribution in [0.1, 0.15) is 23.6 Å². The van der Waals surface area contributed by atoms with Gasteiger partial charge in [-0.3, -0.25) is 0 Å². The topological polar surface area (TPSA) is 55.4 Å². The van der Waals surface area contributed by atoms with Gasteiger partial charge >= 0.3 is 10.1 Å². The Morgan fingerprint density at radius 1 is 0.964 bits per heavy atom. The van der Waals surface area contributed by atoms with Crippen molar-refractivity contribution in [2.75, 3.05) is 5.32 Å². The molecule has 0 atom stereocenters. The number of anilines is 1. The van der Waals surface area contributed by atoms with E-state index in [0.717, 1.165) is 27.7 Å². The van der Waals surface area contributed by atoms with Crippen molar-refractivity contribution < 1.29 is 12.6 Å². The predicted molar refractivity (Wildman–Crippen MR) is 116 cm³/mol. The van der Waals surface area contributed by atoms with E-state index < -0.39 is 10.1 Å². The summed E-state index contributed by atoms with van der Waals surface area (Å²) in [7, 11) is -3.90. The summed E-state index contributed by atoms with van der Waals surface area (Å²) in [6.07, 6.45) is 0.987. The smallest absolute Gasteiger partial charge is 0.339 e. The van der Waals surface area contributed by atoms with Crippen LogP contribution in [0.3, 0.4) is 0 Å². The number of hydrogen-bond donors (Lipinski definition) is 1. The van der Waals surface area contributed by atoms with Gasteiger partial charge < -0.3 is 9.50 Å². The molecule has 28 heavy (non-hydrogen) atoms. The molecular weight excluding hydrogens is 438 g/mol. The maximum absolute atomic E-state index is 12.6. The summed E-state index contributed by atoms with van der Waals surface area (Å²) in [4.78, 5) is 0.134.